The van der Waals surface area contributed by atoms with Crippen LogP contribution in [0.25, 0.3) is 0 Å². The molecule has 1 heterocycles. The van der Waals surface area contributed by atoms with Crippen LogP contribution in [0, 0.1) is 6.92 Å². The number of nitrogens with zero attached hydrogens (tertiary/aromatic N) is 2. The topological polar surface area (TPSA) is 54.0 Å². The van der Waals surface area contributed by atoms with Crippen LogP contribution in [-0.4, -0.2) is 51.3 Å². The Morgan fingerprint density at radius 1 is 1.00 bits per heavy atom. The van der Waals surface area contributed by atoms with Crippen LogP contribution in [0.4, 0.5) is 16.2 Å². The zero-order valence-corrected chi connectivity index (χ0v) is 17.8. The van der Waals surface area contributed by atoms with Gasteiger partial charge in [0, 0.05) is 55.8 Å². The van der Waals surface area contributed by atoms with Crippen molar-refractivity contribution in [3.63, 3.8) is 0 Å². The van der Waals surface area contributed by atoms with E-state index < -0.39 is 0 Å². The van der Waals surface area contributed by atoms with Crippen molar-refractivity contribution in [2.75, 3.05) is 50.6 Å². The molecule has 0 aromatic heterocycles. The van der Waals surface area contributed by atoms with E-state index in [2.05, 4.69) is 30.1 Å². The second-order valence-electron chi connectivity index (χ2n) is 7.32. The molecule has 3 rings (SSSR count). The van der Waals surface area contributed by atoms with Crippen LogP contribution >= 0.6 is 0 Å². The number of aryl methyl sites for hydroxylation is 2. The average molecular weight is 398 g/mol. The molecule has 1 N–H and O–H groups in total. The van der Waals surface area contributed by atoms with Gasteiger partial charge in [-0.3, -0.25) is 0 Å². The van der Waals surface area contributed by atoms with Crippen LogP contribution in [0.3, 0.4) is 0 Å². The van der Waals surface area contributed by atoms with Gasteiger partial charge in [0.05, 0.1) is 14.2 Å². The van der Waals surface area contributed by atoms with Crippen LogP contribution in [0.15, 0.2) is 36.4 Å². The highest BCUT2D eigenvalue weighted by Crippen LogP contribution is 2.29. The summed E-state index contributed by atoms with van der Waals surface area (Å²) in [5.41, 5.74) is 4.42. The highest BCUT2D eigenvalue weighted by molar-refractivity contribution is 5.89. The zero-order valence-electron chi connectivity index (χ0n) is 17.8. The van der Waals surface area contributed by atoms with E-state index in [4.69, 9.17) is 9.47 Å². The van der Waals surface area contributed by atoms with Crippen LogP contribution < -0.4 is 19.7 Å². The fourth-order valence-electron chi connectivity index (χ4n) is 3.73. The van der Waals surface area contributed by atoms with E-state index >= 15 is 0 Å². The first-order valence-corrected chi connectivity index (χ1v) is 10.2. The monoisotopic (exact) mass is 397 g/mol. The minimum Gasteiger partial charge on any atom is -0.497 e. The highest BCUT2D eigenvalue weighted by Gasteiger charge is 2.20. The molecule has 1 aliphatic rings. The lowest BCUT2D eigenvalue weighted by molar-refractivity contribution is 0.215. The van der Waals surface area contributed by atoms with Crippen molar-refractivity contribution in [3.8, 4) is 11.5 Å². The van der Waals surface area contributed by atoms with Crippen molar-refractivity contribution in [1.82, 2.24) is 4.90 Å². The van der Waals surface area contributed by atoms with E-state index in [1.165, 1.54) is 11.1 Å². The molecular weight excluding hydrogens is 366 g/mol. The minimum atomic E-state index is -0.0429. The second kappa shape index (κ2) is 9.54. The van der Waals surface area contributed by atoms with E-state index in [1.54, 1.807) is 14.2 Å². The minimum absolute atomic E-state index is 0.0429. The van der Waals surface area contributed by atoms with Crippen LogP contribution in [0.5, 0.6) is 11.5 Å². The Hall–Kier alpha value is -2.89. The van der Waals surface area contributed by atoms with E-state index in [1.807, 2.05) is 35.2 Å². The Kier molecular flexibility index (Phi) is 6.86. The van der Waals surface area contributed by atoms with Crippen molar-refractivity contribution in [2.45, 2.75) is 26.7 Å². The molecule has 29 heavy (non-hydrogen) atoms. The van der Waals surface area contributed by atoms with Gasteiger partial charge in [0.25, 0.3) is 0 Å². The van der Waals surface area contributed by atoms with Crippen molar-refractivity contribution < 1.29 is 14.3 Å². The first kappa shape index (κ1) is 20.8. The third-order valence-electron chi connectivity index (χ3n) is 5.46. The molecule has 1 aliphatic heterocycles. The number of nitrogens with one attached hydrogen (secondary N) is 1. The lowest BCUT2D eigenvalue weighted by Gasteiger charge is -2.24. The van der Waals surface area contributed by atoms with Gasteiger partial charge >= 0.3 is 6.03 Å². The van der Waals surface area contributed by atoms with Crippen molar-refractivity contribution >= 4 is 17.4 Å². The molecule has 156 valence electrons. The number of hydrogen-bond acceptors (Lipinski definition) is 4. The Morgan fingerprint density at radius 3 is 2.34 bits per heavy atom. The summed E-state index contributed by atoms with van der Waals surface area (Å²) in [7, 11) is 3.31. The van der Waals surface area contributed by atoms with Gasteiger partial charge in [-0.05, 0) is 43.0 Å². The lowest BCUT2D eigenvalue weighted by atomic mass is 10.1. The molecule has 2 amide bonds. The van der Waals surface area contributed by atoms with E-state index in [0.717, 1.165) is 55.3 Å². The number of hydrogen-bond donors (Lipinski definition) is 1. The molecule has 1 saturated heterocycles. The molecule has 0 bridgehead atoms. The molecule has 2 aromatic carbocycles. The third-order valence-corrected chi connectivity index (χ3v) is 5.46. The molecule has 2 aromatic rings. The van der Waals surface area contributed by atoms with E-state index in [-0.39, 0.29) is 6.03 Å². The molecule has 0 aliphatic carbocycles. The molecule has 0 radical (unpaired) electrons. The fourth-order valence-corrected chi connectivity index (χ4v) is 3.73. The predicted octanol–water partition coefficient (Wildman–Crippen LogP) is 4.32. The molecule has 0 unspecified atom stereocenters. The van der Waals surface area contributed by atoms with E-state index in [0.29, 0.717) is 6.54 Å². The zero-order chi connectivity index (χ0) is 20.8. The maximum atomic E-state index is 12.8. The lowest BCUT2D eigenvalue weighted by Crippen LogP contribution is -2.38. The number of methoxy groups -OCH3 is 2. The summed E-state index contributed by atoms with van der Waals surface area (Å²) >= 11 is 0. The first-order chi connectivity index (χ1) is 14.0. The fraction of sp³-hybridized carbons (Fsp3) is 0.435. The summed E-state index contributed by atoms with van der Waals surface area (Å²) in [4.78, 5) is 17.0. The normalized spacial score (nSPS) is 14.3. The molecule has 1 fully saturated rings. The van der Waals surface area contributed by atoms with Crippen LogP contribution in [0.2, 0.25) is 0 Å². The Bertz CT molecular complexity index is 831. The van der Waals surface area contributed by atoms with Gasteiger partial charge in [-0.15, -0.1) is 0 Å². The summed E-state index contributed by atoms with van der Waals surface area (Å²) in [6.07, 6.45) is 1.90. The largest absolute Gasteiger partial charge is 0.497 e. The summed E-state index contributed by atoms with van der Waals surface area (Å²) in [6, 6.07) is 12.0. The van der Waals surface area contributed by atoms with Gasteiger partial charge in [0.2, 0.25) is 0 Å². The predicted molar refractivity (Wildman–Crippen MR) is 118 cm³/mol. The molecule has 0 saturated carbocycles. The Balaban J connectivity index is 1.65. The second-order valence-corrected chi connectivity index (χ2v) is 7.32. The molecule has 0 atom stereocenters. The Morgan fingerprint density at radius 2 is 1.72 bits per heavy atom. The summed E-state index contributed by atoms with van der Waals surface area (Å²) < 4.78 is 10.8. The van der Waals surface area contributed by atoms with Gasteiger partial charge in [0.15, 0.2) is 0 Å². The van der Waals surface area contributed by atoms with Gasteiger partial charge < -0.3 is 24.6 Å². The number of urea groups is 1. The maximum absolute atomic E-state index is 12.8. The number of rotatable bonds is 5. The number of carbonyl (C=O) groups excluding carboxylic acids is 1. The first-order valence-electron chi connectivity index (χ1n) is 10.2. The summed E-state index contributed by atoms with van der Waals surface area (Å²) in [5.74, 6) is 1.54. The standard InChI is InChI=1S/C23H31N3O3/c1-5-18-7-8-19(13-17(18)2)24-23(27)26-10-6-9-25(11-12-26)20-14-21(28-3)16-22(15-20)29-4/h7-8,13-16H,5-6,9-12H2,1-4H3,(H,24,27). The highest BCUT2D eigenvalue weighted by atomic mass is 16.5. The third kappa shape index (κ3) is 5.13. The van der Waals surface area contributed by atoms with Gasteiger partial charge in [-0.25, -0.2) is 4.79 Å². The SMILES string of the molecule is CCc1ccc(NC(=O)N2CCCN(c3cc(OC)cc(OC)c3)CC2)cc1C. The smallest absolute Gasteiger partial charge is 0.321 e. The number of benzene rings is 2. The number of carbonyl (C=O) groups is 1. The summed E-state index contributed by atoms with van der Waals surface area (Å²) in [6.45, 7) is 7.26. The quantitative estimate of drug-likeness (QED) is 0.816. The van der Waals surface area contributed by atoms with Crippen LogP contribution in [0.1, 0.15) is 24.5 Å². The summed E-state index contributed by atoms with van der Waals surface area (Å²) in [5, 5.41) is 3.05. The number of ether oxygens (including phenoxy) is 2. The van der Waals surface area contributed by atoms with Gasteiger partial charge in [-0.1, -0.05) is 13.0 Å². The maximum Gasteiger partial charge on any atom is 0.321 e. The molecule has 6 heteroatoms. The van der Waals surface area contributed by atoms with Crippen molar-refractivity contribution in [1.29, 1.82) is 0 Å². The molecule has 0 spiro atoms. The van der Waals surface area contributed by atoms with Gasteiger partial charge in [-0.2, -0.15) is 0 Å². The van der Waals surface area contributed by atoms with Crippen LogP contribution in [-0.2, 0) is 6.42 Å². The van der Waals surface area contributed by atoms with E-state index in [9.17, 15) is 4.79 Å². The Labute approximate surface area is 173 Å². The molecule has 6 nitrogen and oxygen atoms in total. The van der Waals surface area contributed by atoms with Crippen molar-refractivity contribution in [3.05, 3.63) is 47.5 Å². The number of amides is 2. The van der Waals surface area contributed by atoms with Crippen molar-refractivity contribution in [2.24, 2.45) is 0 Å². The van der Waals surface area contributed by atoms with Gasteiger partial charge in [0.1, 0.15) is 11.5 Å². The molecular formula is C23H31N3O3. The average Bonchev–Trinajstić information content (AvgIpc) is 3.00. The number of anilines is 2.